The molecule has 0 bridgehead atoms. The number of carboxylic acid groups (broad SMARTS) is 1. The van der Waals surface area contributed by atoms with Crippen molar-refractivity contribution < 1.29 is 14.7 Å². The SMILES string of the molecule is O=C(O)C1CCC(C(=O)c2cc(Br)c(Br)s2)C1. The number of thiophene rings is 1. The van der Waals surface area contributed by atoms with Gasteiger partial charge in [0.2, 0.25) is 0 Å². The molecular weight excluding hydrogens is 372 g/mol. The van der Waals surface area contributed by atoms with Gasteiger partial charge in [-0.15, -0.1) is 11.3 Å². The zero-order valence-electron chi connectivity index (χ0n) is 8.78. The Balaban J connectivity index is 2.09. The lowest BCUT2D eigenvalue weighted by atomic mass is 9.99. The Labute approximate surface area is 119 Å². The molecule has 1 heterocycles. The molecule has 17 heavy (non-hydrogen) atoms. The van der Waals surface area contributed by atoms with Crippen LogP contribution >= 0.6 is 43.2 Å². The minimum Gasteiger partial charge on any atom is -0.481 e. The number of halogens is 2. The average molecular weight is 382 g/mol. The second-order valence-corrected chi connectivity index (χ2v) is 7.37. The second kappa shape index (κ2) is 5.20. The maximum Gasteiger partial charge on any atom is 0.306 e. The van der Waals surface area contributed by atoms with Crippen molar-refractivity contribution in [3.05, 3.63) is 19.2 Å². The van der Waals surface area contributed by atoms with E-state index in [4.69, 9.17) is 5.11 Å². The first-order chi connectivity index (χ1) is 7.99. The molecule has 0 amide bonds. The van der Waals surface area contributed by atoms with Gasteiger partial charge in [-0.3, -0.25) is 9.59 Å². The van der Waals surface area contributed by atoms with Gasteiger partial charge in [0, 0.05) is 10.4 Å². The fourth-order valence-electron chi connectivity index (χ4n) is 2.11. The molecule has 1 aromatic heterocycles. The third-order valence-electron chi connectivity index (χ3n) is 3.04. The number of carboxylic acids is 1. The van der Waals surface area contributed by atoms with Crippen molar-refractivity contribution in [1.82, 2.24) is 0 Å². The molecule has 1 saturated carbocycles. The van der Waals surface area contributed by atoms with Crippen molar-refractivity contribution in [2.24, 2.45) is 11.8 Å². The van der Waals surface area contributed by atoms with Crippen LogP contribution in [-0.4, -0.2) is 16.9 Å². The standard InChI is InChI=1S/C11H10Br2O3S/c12-7-4-8(17-10(7)13)9(14)5-1-2-6(3-5)11(15)16/h4-6H,1-3H2,(H,15,16). The third-order valence-corrected chi connectivity index (χ3v) is 6.31. The molecule has 2 rings (SSSR count). The van der Waals surface area contributed by atoms with Gasteiger partial charge in [0.15, 0.2) is 5.78 Å². The van der Waals surface area contributed by atoms with E-state index in [1.165, 1.54) is 11.3 Å². The summed E-state index contributed by atoms with van der Waals surface area (Å²) in [5.41, 5.74) is 0. The monoisotopic (exact) mass is 380 g/mol. The van der Waals surface area contributed by atoms with Crippen molar-refractivity contribution in [2.75, 3.05) is 0 Å². The molecule has 0 aliphatic heterocycles. The van der Waals surface area contributed by atoms with Crippen molar-refractivity contribution >= 4 is 54.9 Å². The van der Waals surface area contributed by atoms with Crippen molar-refractivity contribution in [1.29, 1.82) is 0 Å². The summed E-state index contributed by atoms with van der Waals surface area (Å²) in [6, 6.07) is 1.80. The number of hydrogen-bond acceptors (Lipinski definition) is 3. The topological polar surface area (TPSA) is 54.4 Å². The number of ketones is 1. The van der Waals surface area contributed by atoms with E-state index < -0.39 is 5.97 Å². The normalized spacial score (nSPS) is 23.9. The summed E-state index contributed by atoms with van der Waals surface area (Å²) in [7, 11) is 0. The summed E-state index contributed by atoms with van der Waals surface area (Å²) < 4.78 is 1.77. The fraction of sp³-hybridized carbons (Fsp3) is 0.455. The average Bonchev–Trinajstić information content (AvgIpc) is 2.86. The smallest absolute Gasteiger partial charge is 0.306 e. The summed E-state index contributed by atoms with van der Waals surface area (Å²) in [4.78, 5) is 23.7. The lowest BCUT2D eigenvalue weighted by molar-refractivity contribution is -0.141. The van der Waals surface area contributed by atoms with Crippen LogP contribution in [0, 0.1) is 11.8 Å². The minimum absolute atomic E-state index is 0.0742. The van der Waals surface area contributed by atoms with Crippen LogP contribution in [0.25, 0.3) is 0 Å². The Morgan fingerprint density at radius 1 is 1.29 bits per heavy atom. The van der Waals surface area contributed by atoms with E-state index in [2.05, 4.69) is 31.9 Å². The molecule has 1 aliphatic rings. The lowest BCUT2D eigenvalue weighted by Gasteiger charge is -2.06. The summed E-state index contributed by atoms with van der Waals surface area (Å²) in [5, 5.41) is 8.91. The van der Waals surface area contributed by atoms with Crippen LogP contribution in [0.5, 0.6) is 0 Å². The van der Waals surface area contributed by atoms with E-state index in [9.17, 15) is 9.59 Å². The fourth-order valence-corrected chi connectivity index (χ4v) is 4.17. The molecule has 0 radical (unpaired) electrons. The van der Waals surface area contributed by atoms with Gasteiger partial charge < -0.3 is 5.11 Å². The van der Waals surface area contributed by atoms with E-state index in [-0.39, 0.29) is 17.6 Å². The Bertz CT molecular complexity index is 450. The summed E-state index contributed by atoms with van der Waals surface area (Å²) in [6.45, 7) is 0. The van der Waals surface area contributed by atoms with Gasteiger partial charge in [-0.25, -0.2) is 0 Å². The molecule has 1 aromatic rings. The molecule has 1 N–H and O–H groups in total. The predicted molar refractivity (Wildman–Crippen MR) is 72.5 cm³/mol. The minimum atomic E-state index is -0.783. The highest BCUT2D eigenvalue weighted by molar-refractivity contribution is 9.13. The predicted octanol–water partition coefficient (Wildman–Crippen LogP) is 3.96. The maximum atomic E-state index is 12.2. The molecule has 0 spiro atoms. The third kappa shape index (κ3) is 2.80. The Morgan fingerprint density at radius 2 is 1.94 bits per heavy atom. The van der Waals surface area contributed by atoms with E-state index in [1.807, 2.05) is 0 Å². The Morgan fingerprint density at radius 3 is 2.41 bits per heavy atom. The van der Waals surface area contributed by atoms with Crippen molar-refractivity contribution in [3.63, 3.8) is 0 Å². The molecule has 2 unspecified atom stereocenters. The first-order valence-corrected chi connectivity index (χ1v) is 7.61. The largest absolute Gasteiger partial charge is 0.481 e. The van der Waals surface area contributed by atoms with Crippen LogP contribution in [0.15, 0.2) is 14.3 Å². The highest BCUT2D eigenvalue weighted by Crippen LogP contribution is 2.38. The van der Waals surface area contributed by atoms with Gasteiger partial charge in [0.1, 0.15) is 0 Å². The number of aliphatic carboxylic acids is 1. The van der Waals surface area contributed by atoms with Gasteiger partial charge in [-0.1, -0.05) is 0 Å². The van der Waals surface area contributed by atoms with E-state index in [0.29, 0.717) is 24.1 Å². The van der Waals surface area contributed by atoms with Crippen LogP contribution in [0.2, 0.25) is 0 Å². The molecule has 2 atom stereocenters. The number of carbonyl (C=O) groups excluding carboxylic acids is 1. The zero-order valence-corrected chi connectivity index (χ0v) is 12.8. The summed E-state index contributed by atoms with van der Waals surface area (Å²) in [6.07, 6.45) is 1.77. The van der Waals surface area contributed by atoms with Crippen LogP contribution in [0.3, 0.4) is 0 Å². The van der Waals surface area contributed by atoms with Crippen LogP contribution in [-0.2, 0) is 4.79 Å². The highest BCUT2D eigenvalue weighted by Gasteiger charge is 2.34. The van der Waals surface area contributed by atoms with Crippen molar-refractivity contribution in [3.8, 4) is 0 Å². The summed E-state index contributed by atoms with van der Waals surface area (Å²) in [5.74, 6) is -1.19. The Kier molecular flexibility index (Phi) is 4.05. The van der Waals surface area contributed by atoms with Crippen LogP contribution < -0.4 is 0 Å². The van der Waals surface area contributed by atoms with Crippen LogP contribution in [0.1, 0.15) is 28.9 Å². The van der Waals surface area contributed by atoms with Gasteiger partial charge >= 0.3 is 5.97 Å². The number of rotatable bonds is 3. The van der Waals surface area contributed by atoms with E-state index in [0.717, 1.165) is 8.26 Å². The molecule has 1 fully saturated rings. The Hall–Kier alpha value is -0.200. The molecule has 3 nitrogen and oxygen atoms in total. The molecular formula is C11H10Br2O3S. The molecule has 1 aliphatic carbocycles. The first-order valence-electron chi connectivity index (χ1n) is 5.21. The maximum absolute atomic E-state index is 12.2. The number of hydrogen-bond donors (Lipinski definition) is 1. The van der Waals surface area contributed by atoms with Crippen LogP contribution in [0.4, 0.5) is 0 Å². The van der Waals surface area contributed by atoms with Gasteiger partial charge in [-0.2, -0.15) is 0 Å². The van der Waals surface area contributed by atoms with E-state index in [1.54, 1.807) is 6.07 Å². The molecule has 0 saturated heterocycles. The lowest BCUT2D eigenvalue weighted by Crippen LogP contribution is -2.13. The molecule has 6 heteroatoms. The molecule has 0 aromatic carbocycles. The molecule has 92 valence electrons. The van der Waals surface area contributed by atoms with Gasteiger partial charge in [0.05, 0.1) is 14.6 Å². The quantitative estimate of drug-likeness (QED) is 0.806. The van der Waals surface area contributed by atoms with Gasteiger partial charge in [0.25, 0.3) is 0 Å². The van der Waals surface area contributed by atoms with Gasteiger partial charge in [-0.05, 0) is 57.2 Å². The zero-order chi connectivity index (χ0) is 12.6. The second-order valence-electron chi connectivity index (χ2n) is 4.14. The number of Topliss-reactive ketones (excluding diaryl/α,β-unsaturated/α-hetero) is 1. The summed E-state index contributed by atoms with van der Waals surface area (Å²) >= 11 is 8.09. The van der Waals surface area contributed by atoms with E-state index >= 15 is 0 Å². The number of carbonyl (C=O) groups is 2. The first kappa shape index (κ1) is 13.2. The highest BCUT2D eigenvalue weighted by atomic mass is 79.9. The van der Waals surface area contributed by atoms with Crippen molar-refractivity contribution in [2.45, 2.75) is 19.3 Å².